The molecular formula is C42H48N2O3. The molecule has 4 aromatic carbocycles. The molecule has 0 radical (unpaired) electrons. The molecule has 0 heterocycles. The van der Waals surface area contributed by atoms with E-state index in [2.05, 4.69) is 53.3 Å². The van der Waals surface area contributed by atoms with Gasteiger partial charge < -0.3 is 20.5 Å². The molecule has 0 spiro atoms. The van der Waals surface area contributed by atoms with E-state index >= 15 is 0 Å². The van der Waals surface area contributed by atoms with Crippen LogP contribution < -0.4 is 20.5 Å². The van der Waals surface area contributed by atoms with E-state index in [9.17, 15) is 4.79 Å². The molecule has 0 bridgehead atoms. The monoisotopic (exact) mass is 628 g/mol. The van der Waals surface area contributed by atoms with E-state index < -0.39 is 0 Å². The van der Waals surface area contributed by atoms with Crippen LogP contribution in [0.15, 0.2) is 97.1 Å². The van der Waals surface area contributed by atoms with Gasteiger partial charge >= 0.3 is 0 Å². The highest BCUT2D eigenvalue weighted by Crippen LogP contribution is 2.13. The van der Waals surface area contributed by atoms with E-state index in [0.717, 1.165) is 53.0 Å². The van der Waals surface area contributed by atoms with Crippen molar-refractivity contribution in [3.8, 4) is 35.2 Å². The molecule has 4 rings (SSSR count). The fourth-order valence-electron chi connectivity index (χ4n) is 4.69. The Labute approximate surface area is 281 Å². The van der Waals surface area contributed by atoms with Gasteiger partial charge in [-0.05, 0) is 131 Å². The minimum Gasteiger partial charge on any atom is -0.494 e. The average Bonchev–Trinajstić information content (AvgIpc) is 3.06. The van der Waals surface area contributed by atoms with Crippen molar-refractivity contribution in [1.82, 2.24) is 5.32 Å². The van der Waals surface area contributed by atoms with Gasteiger partial charge in [-0.15, -0.1) is 0 Å². The van der Waals surface area contributed by atoms with Gasteiger partial charge in [0.2, 0.25) is 5.91 Å². The van der Waals surface area contributed by atoms with Gasteiger partial charge in [0.25, 0.3) is 0 Å². The maximum Gasteiger partial charge on any atom is 0.220 e. The summed E-state index contributed by atoms with van der Waals surface area (Å²) in [4.78, 5) is 11.6. The van der Waals surface area contributed by atoms with Crippen LogP contribution in [-0.2, 0) is 17.6 Å². The van der Waals surface area contributed by atoms with E-state index in [1.807, 2.05) is 107 Å². The van der Waals surface area contributed by atoms with Crippen molar-refractivity contribution in [2.75, 3.05) is 13.2 Å². The van der Waals surface area contributed by atoms with Crippen LogP contribution in [0.3, 0.4) is 0 Å². The lowest BCUT2D eigenvalue weighted by Gasteiger charge is -2.13. The first-order valence-corrected chi connectivity index (χ1v) is 16.5. The van der Waals surface area contributed by atoms with Crippen LogP contribution >= 0.6 is 0 Å². The number of nitrogens with one attached hydrogen (secondary N) is 1. The summed E-state index contributed by atoms with van der Waals surface area (Å²) in [5.74, 6) is 14.5. The third kappa shape index (κ3) is 14.3. The van der Waals surface area contributed by atoms with E-state index in [4.69, 9.17) is 15.2 Å². The highest BCUT2D eigenvalue weighted by molar-refractivity contribution is 5.76. The first-order chi connectivity index (χ1) is 22.8. The number of amides is 1. The van der Waals surface area contributed by atoms with Crippen molar-refractivity contribution >= 4 is 5.91 Å². The molecule has 1 amide bonds. The van der Waals surface area contributed by atoms with Gasteiger partial charge in [-0.2, -0.15) is 0 Å². The summed E-state index contributed by atoms with van der Waals surface area (Å²) in [7, 11) is 0. The van der Waals surface area contributed by atoms with Gasteiger partial charge in [0.05, 0.1) is 13.2 Å². The number of carbonyl (C=O) groups is 1. The zero-order chi connectivity index (χ0) is 33.9. The van der Waals surface area contributed by atoms with E-state index in [1.54, 1.807) is 0 Å². The number of nitrogens with two attached hydrogens (primary N) is 1. The summed E-state index contributed by atoms with van der Waals surface area (Å²) in [5, 5.41) is 3.03. The zero-order valence-electron chi connectivity index (χ0n) is 28.4. The van der Waals surface area contributed by atoms with Gasteiger partial charge in [-0.3, -0.25) is 4.79 Å². The Morgan fingerprint density at radius 1 is 0.617 bits per heavy atom. The molecule has 0 aliphatic carbocycles. The topological polar surface area (TPSA) is 73.6 Å². The van der Waals surface area contributed by atoms with Crippen molar-refractivity contribution < 1.29 is 14.3 Å². The van der Waals surface area contributed by atoms with Crippen molar-refractivity contribution in [3.05, 3.63) is 130 Å². The first kappa shape index (κ1) is 36.5. The van der Waals surface area contributed by atoms with Crippen LogP contribution in [0.25, 0.3) is 0 Å². The largest absolute Gasteiger partial charge is 0.494 e. The smallest absolute Gasteiger partial charge is 0.220 e. The number of hydrogen-bond donors (Lipinski definition) is 2. The Balaban J connectivity index is 0.000000261. The highest BCUT2D eigenvalue weighted by atomic mass is 16.5. The lowest BCUT2D eigenvalue weighted by atomic mass is 10.0. The molecule has 2 atom stereocenters. The summed E-state index contributed by atoms with van der Waals surface area (Å²) < 4.78 is 10.8. The number of ether oxygens (including phenoxy) is 2. The van der Waals surface area contributed by atoms with Gasteiger partial charge in [0, 0.05) is 40.8 Å². The molecular weight excluding hydrogens is 580 g/mol. The van der Waals surface area contributed by atoms with Crippen LogP contribution in [0.4, 0.5) is 0 Å². The third-order valence-electron chi connectivity index (χ3n) is 6.92. The summed E-state index contributed by atoms with van der Waals surface area (Å²) in [6.07, 6.45) is 3.18. The fraction of sp³-hybridized carbons (Fsp3) is 0.310. The quantitative estimate of drug-likeness (QED) is 0.167. The summed E-state index contributed by atoms with van der Waals surface area (Å²) in [6.45, 7) is 11.3. The third-order valence-corrected chi connectivity index (χ3v) is 6.92. The predicted octanol–water partition coefficient (Wildman–Crippen LogP) is 7.71. The minimum atomic E-state index is 0.123. The second-order valence-corrected chi connectivity index (χ2v) is 11.4. The maximum absolute atomic E-state index is 11.6. The average molecular weight is 629 g/mol. The number of carbonyl (C=O) groups excluding carboxylic acids is 1. The molecule has 0 aliphatic rings. The Hall–Kier alpha value is -4.97. The van der Waals surface area contributed by atoms with Gasteiger partial charge in [0.15, 0.2) is 0 Å². The molecule has 0 aromatic heterocycles. The summed E-state index contributed by atoms with van der Waals surface area (Å²) >= 11 is 0. The number of rotatable bonds is 11. The second kappa shape index (κ2) is 20.2. The Morgan fingerprint density at radius 3 is 1.32 bits per heavy atom. The molecule has 5 nitrogen and oxygen atoms in total. The highest BCUT2D eigenvalue weighted by Gasteiger charge is 2.07. The SMILES string of the molecule is CCCC(=O)NC(C)Cc1ccc(C#Cc2ccc(OCC)cc2)cc1.CCOc1ccc(C#Cc2ccc(CC(C)N)cc2)cc1. The Morgan fingerprint density at radius 2 is 0.979 bits per heavy atom. The van der Waals surface area contributed by atoms with Crippen LogP contribution in [0.2, 0.25) is 0 Å². The first-order valence-electron chi connectivity index (χ1n) is 16.5. The van der Waals surface area contributed by atoms with E-state index in [-0.39, 0.29) is 18.0 Å². The van der Waals surface area contributed by atoms with Gasteiger partial charge in [-0.25, -0.2) is 0 Å². The predicted molar refractivity (Wildman–Crippen MR) is 194 cm³/mol. The van der Waals surface area contributed by atoms with E-state index in [1.165, 1.54) is 11.1 Å². The normalized spacial score (nSPS) is 11.3. The van der Waals surface area contributed by atoms with E-state index in [0.29, 0.717) is 19.6 Å². The Bertz CT molecular complexity index is 1620. The van der Waals surface area contributed by atoms with Crippen molar-refractivity contribution in [2.45, 2.75) is 72.4 Å². The van der Waals surface area contributed by atoms with Crippen LogP contribution in [0, 0.1) is 23.7 Å². The van der Waals surface area contributed by atoms with Crippen molar-refractivity contribution in [1.29, 1.82) is 0 Å². The van der Waals surface area contributed by atoms with Crippen molar-refractivity contribution in [3.63, 3.8) is 0 Å². The van der Waals surface area contributed by atoms with Gasteiger partial charge in [0.1, 0.15) is 11.5 Å². The zero-order valence-corrected chi connectivity index (χ0v) is 28.4. The maximum atomic E-state index is 11.6. The summed E-state index contributed by atoms with van der Waals surface area (Å²) in [6, 6.07) is 32.4. The van der Waals surface area contributed by atoms with Crippen molar-refractivity contribution in [2.24, 2.45) is 5.73 Å². The summed E-state index contributed by atoms with van der Waals surface area (Å²) in [5.41, 5.74) is 12.2. The molecule has 2 unspecified atom stereocenters. The molecule has 5 heteroatoms. The van der Waals surface area contributed by atoms with Crippen LogP contribution in [-0.4, -0.2) is 31.2 Å². The fourth-order valence-corrected chi connectivity index (χ4v) is 4.69. The lowest BCUT2D eigenvalue weighted by Crippen LogP contribution is -2.33. The standard InChI is InChI=1S/C23H27NO2.C19H21NO/c1-4-6-23(25)24-18(3)17-21-11-9-19(10-12-21)7-8-20-13-15-22(16-14-20)26-5-2;1-3-21-19-12-10-17(11-13-19)5-4-16-6-8-18(9-7-16)14-15(2)20/h9-16,18H,4-6,17H2,1-3H3,(H,24,25);6-13,15H,3,14,20H2,1-2H3. The Kier molecular flexibility index (Phi) is 15.7. The second-order valence-electron chi connectivity index (χ2n) is 11.4. The number of hydrogen-bond acceptors (Lipinski definition) is 4. The molecule has 4 aromatic rings. The molecule has 0 aliphatic heterocycles. The molecule has 47 heavy (non-hydrogen) atoms. The lowest BCUT2D eigenvalue weighted by molar-refractivity contribution is -0.121. The molecule has 0 saturated carbocycles. The van der Waals surface area contributed by atoms with Gasteiger partial charge in [-0.1, -0.05) is 54.9 Å². The van der Waals surface area contributed by atoms with Crippen LogP contribution in [0.1, 0.15) is 80.8 Å². The number of benzene rings is 4. The van der Waals surface area contributed by atoms with Crippen LogP contribution in [0.5, 0.6) is 11.5 Å². The molecule has 244 valence electrons. The molecule has 0 fully saturated rings. The molecule has 0 saturated heterocycles. The molecule has 3 N–H and O–H groups in total. The minimum absolute atomic E-state index is 0.123.